The molecule has 0 spiro atoms. The third kappa shape index (κ3) is 24.7. The first kappa shape index (κ1) is 22.6. The maximum atomic E-state index is 9.55. The summed E-state index contributed by atoms with van der Waals surface area (Å²) in [4.78, 5) is 40.5. The van der Waals surface area contributed by atoms with Crippen LogP contribution in [0.4, 0.5) is 0 Å². The summed E-state index contributed by atoms with van der Waals surface area (Å²) in [7, 11) is 2.15. The van der Waals surface area contributed by atoms with E-state index in [0.717, 1.165) is 13.1 Å². The van der Waals surface area contributed by atoms with Crippen molar-refractivity contribution in [3.8, 4) is 0 Å². The topological polar surface area (TPSA) is 164 Å². The van der Waals surface area contributed by atoms with Gasteiger partial charge in [-0.3, -0.25) is 0 Å². The van der Waals surface area contributed by atoms with Crippen LogP contribution in [0.3, 0.4) is 0 Å². The van der Waals surface area contributed by atoms with E-state index < -0.39 is 23.9 Å². The Kier molecular flexibility index (Phi) is 14.0. The Hall–Kier alpha value is -2.72. The summed E-state index contributed by atoms with van der Waals surface area (Å²) >= 11 is 0. The highest BCUT2D eigenvalue weighted by Crippen LogP contribution is 1.83. The van der Waals surface area contributed by atoms with Crippen molar-refractivity contribution in [1.82, 2.24) is 10.2 Å². The van der Waals surface area contributed by atoms with Crippen LogP contribution < -0.4 is 5.32 Å². The van der Waals surface area contributed by atoms with E-state index in [-0.39, 0.29) is 0 Å². The summed E-state index contributed by atoms with van der Waals surface area (Å²) in [6.07, 6.45) is 2.23. The number of hydrogen-bond donors (Lipinski definition) is 5. The van der Waals surface area contributed by atoms with Gasteiger partial charge < -0.3 is 30.6 Å². The predicted octanol–water partition coefficient (Wildman–Crippen LogP) is -1.05. The molecule has 1 heterocycles. The molecule has 0 amide bonds. The first-order chi connectivity index (χ1) is 10.6. The van der Waals surface area contributed by atoms with Crippen LogP contribution in [0.1, 0.15) is 0 Å². The zero-order chi connectivity index (χ0) is 18.3. The molecule has 5 N–H and O–H groups in total. The summed E-state index contributed by atoms with van der Waals surface area (Å²) in [5.41, 5.74) is 0. The maximum absolute atomic E-state index is 9.55. The van der Waals surface area contributed by atoms with Crippen molar-refractivity contribution in [2.45, 2.75) is 0 Å². The molecule has 0 aromatic heterocycles. The predicted molar refractivity (Wildman–Crippen MR) is 79.2 cm³/mol. The summed E-state index contributed by atoms with van der Waals surface area (Å²) in [6, 6.07) is 0. The van der Waals surface area contributed by atoms with Crippen LogP contribution >= 0.6 is 0 Å². The number of carbonyl (C=O) groups is 4. The van der Waals surface area contributed by atoms with Gasteiger partial charge in [0.15, 0.2) is 0 Å². The lowest BCUT2D eigenvalue weighted by atomic mass is 10.4. The van der Waals surface area contributed by atoms with Gasteiger partial charge in [0.05, 0.1) is 0 Å². The monoisotopic (exact) mass is 332 g/mol. The molecule has 1 fully saturated rings. The van der Waals surface area contributed by atoms with E-state index in [1.165, 1.54) is 13.1 Å². The van der Waals surface area contributed by atoms with Crippen LogP contribution in [0.25, 0.3) is 0 Å². The number of nitrogens with zero attached hydrogens (tertiary/aromatic N) is 1. The molecular weight excluding hydrogens is 312 g/mol. The Morgan fingerprint density at radius 3 is 1.13 bits per heavy atom. The molecule has 1 aliphatic rings. The minimum absolute atomic E-state index is 0.558. The van der Waals surface area contributed by atoms with Crippen molar-refractivity contribution in [1.29, 1.82) is 0 Å². The average molecular weight is 332 g/mol. The Balaban J connectivity index is 0. The molecule has 0 aliphatic carbocycles. The SMILES string of the molecule is CN1CCNCC1.O=C(O)/C=C\C(=O)O.O=C(O)/C=C\C(=O)O. The van der Waals surface area contributed by atoms with Crippen LogP contribution in [0.2, 0.25) is 0 Å². The normalized spacial score (nSPS) is 14.3. The Morgan fingerprint density at radius 1 is 0.739 bits per heavy atom. The van der Waals surface area contributed by atoms with Crippen molar-refractivity contribution < 1.29 is 39.6 Å². The highest BCUT2D eigenvalue weighted by molar-refractivity contribution is 5.90. The number of carboxylic acid groups (broad SMARTS) is 4. The average Bonchev–Trinajstić information content (AvgIpc) is 2.45. The molecule has 0 saturated carbocycles. The fourth-order valence-corrected chi connectivity index (χ4v) is 1.06. The molecule has 23 heavy (non-hydrogen) atoms. The third-order valence-electron chi connectivity index (χ3n) is 2.08. The van der Waals surface area contributed by atoms with Gasteiger partial charge in [-0.05, 0) is 7.05 Å². The number of piperazine rings is 1. The molecule has 0 bridgehead atoms. The summed E-state index contributed by atoms with van der Waals surface area (Å²) in [6.45, 7) is 4.74. The molecule has 130 valence electrons. The highest BCUT2D eigenvalue weighted by atomic mass is 16.4. The number of hydrogen-bond acceptors (Lipinski definition) is 6. The zero-order valence-electron chi connectivity index (χ0n) is 12.5. The first-order valence-electron chi connectivity index (χ1n) is 6.32. The Bertz CT molecular complexity index is 387. The number of likely N-dealkylation sites (N-methyl/N-ethyl adjacent to an activating group) is 1. The smallest absolute Gasteiger partial charge is 0.328 e. The van der Waals surface area contributed by atoms with Crippen LogP contribution in [-0.4, -0.2) is 82.4 Å². The second-order valence-corrected chi connectivity index (χ2v) is 4.07. The Morgan fingerprint density at radius 2 is 1.00 bits per heavy atom. The van der Waals surface area contributed by atoms with Crippen molar-refractivity contribution >= 4 is 23.9 Å². The molecule has 1 saturated heterocycles. The molecule has 0 aromatic rings. The number of carboxylic acids is 4. The van der Waals surface area contributed by atoms with Gasteiger partial charge in [0.25, 0.3) is 0 Å². The van der Waals surface area contributed by atoms with Crippen LogP contribution in [0, 0.1) is 0 Å². The molecular formula is C13H20N2O8. The maximum Gasteiger partial charge on any atom is 0.328 e. The largest absolute Gasteiger partial charge is 0.478 e. The standard InChI is InChI=1S/C5H12N2.2C4H4O4/c1-7-4-2-6-3-5-7;2*5-3(6)1-2-4(7)8/h6H,2-5H2,1H3;2*1-2H,(H,5,6)(H,7,8)/b;2*2-1-. The molecule has 0 radical (unpaired) electrons. The molecule has 10 heteroatoms. The van der Waals surface area contributed by atoms with Gasteiger partial charge in [0.1, 0.15) is 0 Å². The lowest BCUT2D eigenvalue weighted by Gasteiger charge is -2.21. The first-order valence-corrected chi connectivity index (χ1v) is 6.32. The lowest BCUT2D eigenvalue weighted by molar-refractivity contribution is -0.134. The fourth-order valence-electron chi connectivity index (χ4n) is 1.06. The number of aliphatic carboxylic acids is 4. The number of nitrogens with one attached hydrogen (secondary N) is 1. The van der Waals surface area contributed by atoms with E-state index in [9.17, 15) is 19.2 Å². The van der Waals surface area contributed by atoms with E-state index >= 15 is 0 Å². The Labute approximate surface area is 132 Å². The van der Waals surface area contributed by atoms with Crippen molar-refractivity contribution in [2.75, 3.05) is 33.2 Å². The van der Waals surface area contributed by atoms with Crippen LogP contribution in [0.15, 0.2) is 24.3 Å². The molecule has 0 atom stereocenters. The van der Waals surface area contributed by atoms with Crippen molar-refractivity contribution in [2.24, 2.45) is 0 Å². The summed E-state index contributed by atoms with van der Waals surface area (Å²) < 4.78 is 0. The lowest BCUT2D eigenvalue weighted by Crippen LogP contribution is -2.40. The van der Waals surface area contributed by atoms with Gasteiger partial charge in [-0.1, -0.05) is 0 Å². The van der Waals surface area contributed by atoms with Gasteiger partial charge in [-0.25, -0.2) is 19.2 Å². The molecule has 10 nitrogen and oxygen atoms in total. The van der Waals surface area contributed by atoms with Gasteiger partial charge in [-0.2, -0.15) is 0 Å². The quantitative estimate of drug-likeness (QED) is 0.401. The van der Waals surface area contributed by atoms with Crippen LogP contribution in [-0.2, 0) is 19.2 Å². The highest BCUT2D eigenvalue weighted by Gasteiger charge is 2.01. The van der Waals surface area contributed by atoms with E-state index in [2.05, 4.69) is 17.3 Å². The van der Waals surface area contributed by atoms with Gasteiger partial charge in [0, 0.05) is 50.5 Å². The van der Waals surface area contributed by atoms with Crippen LogP contribution in [0.5, 0.6) is 0 Å². The van der Waals surface area contributed by atoms with Crippen molar-refractivity contribution in [3.63, 3.8) is 0 Å². The molecule has 0 unspecified atom stereocenters. The molecule has 1 rings (SSSR count). The molecule has 0 aromatic carbocycles. The van der Waals surface area contributed by atoms with Gasteiger partial charge in [-0.15, -0.1) is 0 Å². The minimum atomic E-state index is -1.26. The fraction of sp³-hybridized carbons (Fsp3) is 0.385. The van der Waals surface area contributed by atoms with E-state index in [1.807, 2.05) is 0 Å². The molecule has 1 aliphatic heterocycles. The van der Waals surface area contributed by atoms with E-state index in [0.29, 0.717) is 24.3 Å². The summed E-state index contributed by atoms with van der Waals surface area (Å²) in [5.74, 6) is -5.03. The van der Waals surface area contributed by atoms with E-state index in [4.69, 9.17) is 20.4 Å². The minimum Gasteiger partial charge on any atom is -0.478 e. The second kappa shape index (κ2) is 14.2. The van der Waals surface area contributed by atoms with Gasteiger partial charge >= 0.3 is 23.9 Å². The number of rotatable bonds is 4. The zero-order valence-corrected chi connectivity index (χ0v) is 12.5. The summed E-state index contributed by atoms with van der Waals surface area (Å²) in [5, 5.41) is 34.5. The second-order valence-electron chi connectivity index (χ2n) is 4.07. The van der Waals surface area contributed by atoms with Crippen molar-refractivity contribution in [3.05, 3.63) is 24.3 Å². The van der Waals surface area contributed by atoms with Gasteiger partial charge in [0.2, 0.25) is 0 Å². The van der Waals surface area contributed by atoms with E-state index in [1.54, 1.807) is 0 Å². The third-order valence-corrected chi connectivity index (χ3v) is 2.08.